The van der Waals surface area contributed by atoms with Crippen LogP contribution in [0.15, 0.2) is 18.2 Å². The van der Waals surface area contributed by atoms with Crippen LogP contribution < -0.4 is 0 Å². The Bertz CT molecular complexity index is 464. The molecular formula is C15H23ClN2O3. The summed E-state index contributed by atoms with van der Waals surface area (Å²) >= 11 is 6.19. The van der Waals surface area contributed by atoms with Gasteiger partial charge in [0.2, 0.25) is 0 Å². The minimum absolute atomic E-state index is 0.0747. The van der Waals surface area contributed by atoms with Gasteiger partial charge in [-0.2, -0.15) is 0 Å². The molecule has 0 fully saturated rings. The van der Waals surface area contributed by atoms with Crippen LogP contribution in [0.2, 0.25) is 5.02 Å². The van der Waals surface area contributed by atoms with Gasteiger partial charge in [-0.15, -0.1) is 0 Å². The number of hydrogen-bond donors (Lipinski definition) is 0. The third-order valence-electron chi connectivity index (χ3n) is 3.66. The van der Waals surface area contributed by atoms with Gasteiger partial charge in [0.1, 0.15) is 0 Å². The van der Waals surface area contributed by atoms with Gasteiger partial charge in [-0.05, 0) is 24.5 Å². The molecule has 118 valence electrons. The van der Waals surface area contributed by atoms with Crippen molar-refractivity contribution in [1.29, 1.82) is 0 Å². The minimum atomic E-state index is -0.392. The fraction of sp³-hybridized carbons (Fsp3) is 0.600. The molecule has 0 aromatic heterocycles. The summed E-state index contributed by atoms with van der Waals surface area (Å²) in [6.07, 6.45) is 2.04. The third kappa shape index (κ3) is 5.26. The van der Waals surface area contributed by atoms with Gasteiger partial charge in [-0.25, -0.2) is 0 Å². The number of ether oxygens (including phenoxy) is 1. The Balaban J connectivity index is 2.95. The van der Waals surface area contributed by atoms with E-state index < -0.39 is 4.92 Å². The number of benzene rings is 1. The number of nitro groups is 1. The van der Waals surface area contributed by atoms with Crippen LogP contribution in [0, 0.1) is 10.1 Å². The molecule has 5 nitrogen and oxygen atoms in total. The van der Waals surface area contributed by atoms with Crippen molar-refractivity contribution in [3.63, 3.8) is 0 Å². The number of nitrogens with zero attached hydrogens (tertiary/aromatic N) is 2. The molecule has 0 atom stereocenters. The second kappa shape index (κ2) is 8.97. The first-order chi connectivity index (χ1) is 10.0. The van der Waals surface area contributed by atoms with E-state index in [-0.39, 0.29) is 5.69 Å². The van der Waals surface area contributed by atoms with Gasteiger partial charge >= 0.3 is 0 Å². The smallest absolute Gasteiger partial charge is 0.269 e. The van der Waals surface area contributed by atoms with Gasteiger partial charge < -0.3 is 4.74 Å². The monoisotopic (exact) mass is 314 g/mol. The molecule has 0 aliphatic heterocycles. The van der Waals surface area contributed by atoms with E-state index in [2.05, 4.69) is 18.7 Å². The lowest BCUT2D eigenvalue weighted by Gasteiger charge is -2.30. The van der Waals surface area contributed by atoms with E-state index in [4.69, 9.17) is 16.3 Å². The predicted octanol–water partition coefficient (Wildman–Crippen LogP) is 3.89. The zero-order valence-electron chi connectivity index (χ0n) is 12.8. The Labute approximate surface area is 131 Å². The van der Waals surface area contributed by atoms with Crippen molar-refractivity contribution in [3.05, 3.63) is 38.9 Å². The highest BCUT2D eigenvalue weighted by molar-refractivity contribution is 6.31. The van der Waals surface area contributed by atoms with Gasteiger partial charge in [0.25, 0.3) is 5.69 Å². The summed E-state index contributed by atoms with van der Waals surface area (Å²) in [5.74, 6) is 0. The van der Waals surface area contributed by atoms with Crippen LogP contribution in [0.25, 0.3) is 0 Å². The van der Waals surface area contributed by atoms with Crippen molar-refractivity contribution < 1.29 is 9.66 Å². The number of rotatable bonds is 9. The highest BCUT2D eigenvalue weighted by atomic mass is 35.5. The van der Waals surface area contributed by atoms with E-state index in [1.165, 1.54) is 6.07 Å². The predicted molar refractivity (Wildman–Crippen MR) is 84.8 cm³/mol. The number of non-ortho nitro benzene ring substituents is 1. The Morgan fingerprint density at radius 3 is 2.57 bits per heavy atom. The molecule has 0 aliphatic carbocycles. The molecule has 6 heteroatoms. The highest BCUT2D eigenvalue weighted by Gasteiger charge is 2.18. The summed E-state index contributed by atoms with van der Waals surface area (Å²) in [5, 5.41) is 11.5. The van der Waals surface area contributed by atoms with Crippen molar-refractivity contribution >= 4 is 17.3 Å². The molecule has 1 aromatic carbocycles. The topological polar surface area (TPSA) is 55.6 Å². The molecule has 1 aromatic rings. The molecule has 0 unspecified atom stereocenters. The lowest BCUT2D eigenvalue weighted by Crippen LogP contribution is -2.36. The maximum Gasteiger partial charge on any atom is 0.269 e. The Kier molecular flexibility index (Phi) is 7.64. The normalized spacial score (nSPS) is 11.3. The van der Waals surface area contributed by atoms with Gasteiger partial charge in [-0.3, -0.25) is 15.0 Å². The second-order valence-corrected chi connectivity index (χ2v) is 5.37. The third-order valence-corrected chi connectivity index (χ3v) is 4.02. The zero-order chi connectivity index (χ0) is 15.8. The zero-order valence-corrected chi connectivity index (χ0v) is 13.6. The minimum Gasteiger partial charge on any atom is -0.383 e. The molecule has 0 radical (unpaired) electrons. The van der Waals surface area contributed by atoms with Crippen LogP contribution in [0.5, 0.6) is 0 Å². The number of nitro benzene ring substituents is 1. The van der Waals surface area contributed by atoms with E-state index in [0.29, 0.717) is 24.2 Å². The Hall–Kier alpha value is -1.17. The average molecular weight is 315 g/mol. The molecule has 0 amide bonds. The van der Waals surface area contributed by atoms with E-state index in [1.807, 2.05) is 0 Å². The molecular weight excluding hydrogens is 292 g/mol. The van der Waals surface area contributed by atoms with E-state index in [9.17, 15) is 10.1 Å². The number of hydrogen-bond acceptors (Lipinski definition) is 4. The Morgan fingerprint density at radius 2 is 2.05 bits per heavy atom. The molecule has 0 heterocycles. The van der Waals surface area contributed by atoms with Gasteiger partial charge in [0.15, 0.2) is 0 Å². The molecule has 0 N–H and O–H groups in total. The summed E-state index contributed by atoms with van der Waals surface area (Å²) in [5.41, 5.74) is 0.861. The van der Waals surface area contributed by atoms with Crippen LogP contribution in [-0.4, -0.2) is 36.1 Å². The molecule has 0 saturated carbocycles. The summed E-state index contributed by atoms with van der Waals surface area (Å²) in [7, 11) is 1.67. The highest BCUT2D eigenvalue weighted by Crippen LogP contribution is 2.24. The van der Waals surface area contributed by atoms with Crippen molar-refractivity contribution in [2.75, 3.05) is 20.3 Å². The summed E-state index contributed by atoms with van der Waals surface area (Å²) < 4.78 is 5.16. The molecule has 0 bridgehead atoms. The molecule has 0 spiro atoms. The average Bonchev–Trinajstić information content (AvgIpc) is 2.47. The van der Waals surface area contributed by atoms with Gasteiger partial charge in [0, 0.05) is 43.4 Å². The standard InChI is InChI=1S/C15H23ClN2O3/c1-4-13(5-2)17(8-9-21-3)11-12-10-14(18(19)20)6-7-15(12)16/h6-7,10,13H,4-5,8-9,11H2,1-3H3. The van der Waals surface area contributed by atoms with Gasteiger partial charge in [0.05, 0.1) is 11.5 Å². The van der Waals surface area contributed by atoms with Crippen molar-refractivity contribution in [3.8, 4) is 0 Å². The fourth-order valence-corrected chi connectivity index (χ4v) is 2.60. The summed E-state index contributed by atoms with van der Waals surface area (Å²) in [4.78, 5) is 12.8. The second-order valence-electron chi connectivity index (χ2n) is 4.97. The van der Waals surface area contributed by atoms with Crippen LogP contribution in [-0.2, 0) is 11.3 Å². The lowest BCUT2D eigenvalue weighted by molar-refractivity contribution is -0.384. The fourth-order valence-electron chi connectivity index (χ4n) is 2.42. The SMILES string of the molecule is CCC(CC)N(CCOC)Cc1cc([N+](=O)[O-])ccc1Cl. The van der Waals surface area contributed by atoms with E-state index >= 15 is 0 Å². The summed E-state index contributed by atoms with van der Waals surface area (Å²) in [6, 6.07) is 5.00. The van der Waals surface area contributed by atoms with Crippen LogP contribution >= 0.6 is 11.6 Å². The van der Waals surface area contributed by atoms with Crippen LogP contribution in [0.3, 0.4) is 0 Å². The first kappa shape index (κ1) is 17.9. The molecule has 1 rings (SSSR count). The largest absolute Gasteiger partial charge is 0.383 e. The molecule has 0 aliphatic rings. The quantitative estimate of drug-likeness (QED) is 0.512. The van der Waals surface area contributed by atoms with Crippen LogP contribution in [0.4, 0.5) is 5.69 Å². The van der Waals surface area contributed by atoms with Crippen molar-refractivity contribution in [2.45, 2.75) is 39.3 Å². The van der Waals surface area contributed by atoms with Crippen LogP contribution in [0.1, 0.15) is 32.3 Å². The molecule has 21 heavy (non-hydrogen) atoms. The van der Waals surface area contributed by atoms with E-state index in [0.717, 1.165) is 24.9 Å². The summed E-state index contributed by atoms with van der Waals surface area (Å²) in [6.45, 7) is 6.28. The maximum atomic E-state index is 10.9. The van der Waals surface area contributed by atoms with Crippen molar-refractivity contribution in [1.82, 2.24) is 4.90 Å². The first-order valence-electron chi connectivity index (χ1n) is 7.19. The maximum absolute atomic E-state index is 10.9. The lowest BCUT2D eigenvalue weighted by atomic mass is 10.1. The van der Waals surface area contributed by atoms with Gasteiger partial charge in [-0.1, -0.05) is 25.4 Å². The van der Waals surface area contributed by atoms with Crippen molar-refractivity contribution in [2.24, 2.45) is 0 Å². The molecule has 0 saturated heterocycles. The number of halogens is 1. The first-order valence-corrected chi connectivity index (χ1v) is 7.57. The number of methoxy groups -OCH3 is 1. The Morgan fingerprint density at radius 1 is 1.38 bits per heavy atom. The van der Waals surface area contributed by atoms with E-state index in [1.54, 1.807) is 19.2 Å².